The lowest BCUT2D eigenvalue weighted by molar-refractivity contribution is 0.559. The number of benzene rings is 1. The Morgan fingerprint density at radius 2 is 1.95 bits per heavy atom. The minimum atomic E-state index is -0.295. The van der Waals surface area contributed by atoms with Crippen LogP contribution in [0.1, 0.15) is 48.7 Å². The summed E-state index contributed by atoms with van der Waals surface area (Å²) in [6.07, 6.45) is 2.53. The van der Waals surface area contributed by atoms with Gasteiger partial charge in [-0.25, -0.2) is 4.98 Å². The fourth-order valence-corrected chi connectivity index (χ4v) is 3.61. The molecule has 0 bridgehead atoms. The van der Waals surface area contributed by atoms with Crippen LogP contribution in [-0.2, 0) is 5.54 Å². The van der Waals surface area contributed by atoms with Crippen molar-refractivity contribution in [2.75, 3.05) is 0 Å². The Balaban J connectivity index is 2.11. The third-order valence-corrected chi connectivity index (χ3v) is 5.02. The average Bonchev–Trinajstić information content (AvgIpc) is 3.08. The largest absolute Gasteiger partial charge is 0.321 e. The molecule has 1 heterocycles. The van der Waals surface area contributed by atoms with Crippen molar-refractivity contribution in [2.45, 2.75) is 45.1 Å². The number of hydrogen-bond donors (Lipinski definition) is 1. The molecule has 1 aromatic carbocycles. The van der Waals surface area contributed by atoms with Gasteiger partial charge in [-0.15, -0.1) is 11.3 Å². The van der Waals surface area contributed by atoms with E-state index < -0.39 is 0 Å². The van der Waals surface area contributed by atoms with Crippen molar-refractivity contribution in [3.05, 3.63) is 40.4 Å². The molecule has 1 fully saturated rings. The minimum absolute atomic E-state index is 0.295. The molecule has 3 rings (SSSR count). The van der Waals surface area contributed by atoms with E-state index in [9.17, 15) is 0 Å². The van der Waals surface area contributed by atoms with Crippen molar-refractivity contribution in [1.82, 2.24) is 4.98 Å². The highest BCUT2D eigenvalue weighted by Crippen LogP contribution is 2.46. The zero-order chi connectivity index (χ0) is 13.6. The summed E-state index contributed by atoms with van der Waals surface area (Å²) in [5, 5.41) is 1.12. The number of nitrogens with zero attached hydrogens (tertiary/aromatic N) is 1. The van der Waals surface area contributed by atoms with E-state index >= 15 is 0 Å². The van der Waals surface area contributed by atoms with E-state index in [-0.39, 0.29) is 5.54 Å². The van der Waals surface area contributed by atoms with Gasteiger partial charge in [-0.3, -0.25) is 0 Å². The second kappa shape index (κ2) is 4.43. The highest BCUT2D eigenvalue weighted by atomic mass is 32.1. The first-order valence-corrected chi connectivity index (χ1v) is 7.64. The van der Waals surface area contributed by atoms with E-state index in [1.165, 1.54) is 34.5 Å². The number of aromatic nitrogens is 1. The molecule has 1 aliphatic rings. The molecular weight excluding hydrogens is 252 g/mol. The van der Waals surface area contributed by atoms with Crippen molar-refractivity contribution < 1.29 is 0 Å². The monoisotopic (exact) mass is 272 g/mol. The van der Waals surface area contributed by atoms with Gasteiger partial charge in [0.2, 0.25) is 0 Å². The van der Waals surface area contributed by atoms with Crippen LogP contribution in [0.3, 0.4) is 0 Å². The van der Waals surface area contributed by atoms with Gasteiger partial charge >= 0.3 is 0 Å². The molecule has 2 N–H and O–H groups in total. The molecule has 0 spiro atoms. The van der Waals surface area contributed by atoms with E-state index in [2.05, 4.69) is 45.0 Å². The molecule has 0 atom stereocenters. The zero-order valence-corrected chi connectivity index (χ0v) is 12.6. The summed E-state index contributed by atoms with van der Waals surface area (Å²) in [6, 6.07) is 8.44. The van der Waals surface area contributed by atoms with E-state index in [0.29, 0.717) is 5.92 Å². The van der Waals surface area contributed by atoms with Crippen molar-refractivity contribution in [3.8, 4) is 10.6 Å². The van der Waals surface area contributed by atoms with Crippen LogP contribution in [0.5, 0.6) is 0 Å². The lowest BCUT2D eigenvalue weighted by atomic mass is 10.0. The Morgan fingerprint density at radius 1 is 1.26 bits per heavy atom. The predicted molar refractivity (Wildman–Crippen MR) is 81.5 cm³/mol. The number of aryl methyl sites for hydroxylation is 1. The molecule has 1 aliphatic carbocycles. The standard InChI is InChI=1S/C16H20N2S/c1-10-6-4-5-7-12(10)15-18-13(11-8-9-11)14(19-15)16(2,3)17/h4-7,11H,8-9,17H2,1-3H3. The highest BCUT2D eigenvalue weighted by molar-refractivity contribution is 7.15. The van der Waals surface area contributed by atoms with Crippen LogP contribution in [-0.4, -0.2) is 4.98 Å². The lowest BCUT2D eigenvalue weighted by Crippen LogP contribution is -2.28. The molecule has 19 heavy (non-hydrogen) atoms. The smallest absolute Gasteiger partial charge is 0.124 e. The maximum absolute atomic E-state index is 6.32. The molecule has 2 aromatic rings. The first kappa shape index (κ1) is 12.8. The number of nitrogens with two attached hydrogens (primary N) is 1. The van der Waals surface area contributed by atoms with Gasteiger partial charge in [0.05, 0.1) is 5.69 Å². The summed E-state index contributed by atoms with van der Waals surface area (Å²) in [5.74, 6) is 0.645. The second-order valence-electron chi connectivity index (χ2n) is 6.04. The first-order chi connectivity index (χ1) is 8.97. The first-order valence-electron chi connectivity index (χ1n) is 6.83. The predicted octanol–water partition coefficient (Wildman–Crippen LogP) is 4.19. The Bertz CT molecular complexity index is 603. The summed E-state index contributed by atoms with van der Waals surface area (Å²) in [5.41, 5.74) is 9.79. The highest BCUT2D eigenvalue weighted by Gasteiger charge is 2.34. The molecule has 0 aliphatic heterocycles. The van der Waals surface area contributed by atoms with Crippen LogP contribution in [0.4, 0.5) is 0 Å². The van der Waals surface area contributed by atoms with Crippen LogP contribution >= 0.6 is 11.3 Å². The van der Waals surface area contributed by atoms with Gasteiger partial charge in [-0.2, -0.15) is 0 Å². The molecule has 3 heteroatoms. The maximum Gasteiger partial charge on any atom is 0.124 e. The lowest BCUT2D eigenvalue weighted by Gasteiger charge is -2.17. The number of thiazole rings is 1. The van der Waals surface area contributed by atoms with E-state index in [0.717, 1.165) is 5.01 Å². The minimum Gasteiger partial charge on any atom is -0.321 e. The average molecular weight is 272 g/mol. The van der Waals surface area contributed by atoms with Crippen LogP contribution < -0.4 is 5.73 Å². The van der Waals surface area contributed by atoms with Gasteiger partial charge in [0, 0.05) is 21.9 Å². The second-order valence-corrected chi connectivity index (χ2v) is 7.04. The molecule has 100 valence electrons. The van der Waals surface area contributed by atoms with E-state index in [1.54, 1.807) is 11.3 Å². The quantitative estimate of drug-likeness (QED) is 0.910. The molecule has 0 radical (unpaired) electrons. The normalized spacial score (nSPS) is 15.8. The van der Waals surface area contributed by atoms with Crippen LogP contribution in [0, 0.1) is 6.92 Å². The molecule has 0 unspecified atom stereocenters. The SMILES string of the molecule is Cc1ccccc1-c1nc(C2CC2)c(C(C)(C)N)s1. The summed E-state index contributed by atoms with van der Waals surface area (Å²) in [4.78, 5) is 6.17. The summed E-state index contributed by atoms with van der Waals surface area (Å²) in [6.45, 7) is 6.29. The summed E-state index contributed by atoms with van der Waals surface area (Å²) < 4.78 is 0. The Hall–Kier alpha value is -1.19. The van der Waals surface area contributed by atoms with Crippen molar-refractivity contribution in [2.24, 2.45) is 5.73 Å². The van der Waals surface area contributed by atoms with Gasteiger partial charge in [-0.1, -0.05) is 24.3 Å². The number of rotatable bonds is 3. The Morgan fingerprint density at radius 3 is 2.53 bits per heavy atom. The van der Waals surface area contributed by atoms with Crippen LogP contribution in [0.15, 0.2) is 24.3 Å². The summed E-state index contributed by atoms with van der Waals surface area (Å²) in [7, 11) is 0. The topological polar surface area (TPSA) is 38.9 Å². The zero-order valence-electron chi connectivity index (χ0n) is 11.7. The fraction of sp³-hybridized carbons (Fsp3) is 0.438. The van der Waals surface area contributed by atoms with Crippen molar-refractivity contribution in [3.63, 3.8) is 0 Å². The maximum atomic E-state index is 6.32. The fourth-order valence-electron chi connectivity index (χ4n) is 2.36. The molecule has 0 amide bonds. The van der Waals surface area contributed by atoms with Gasteiger partial charge in [0.25, 0.3) is 0 Å². The molecule has 2 nitrogen and oxygen atoms in total. The molecule has 0 saturated heterocycles. The van der Waals surface area contributed by atoms with Crippen LogP contribution in [0.2, 0.25) is 0 Å². The van der Waals surface area contributed by atoms with Crippen molar-refractivity contribution >= 4 is 11.3 Å². The third kappa shape index (κ3) is 2.45. The third-order valence-electron chi connectivity index (χ3n) is 3.58. The van der Waals surface area contributed by atoms with E-state index in [4.69, 9.17) is 10.7 Å². The van der Waals surface area contributed by atoms with E-state index in [1.807, 2.05) is 0 Å². The Labute approximate surface area is 118 Å². The van der Waals surface area contributed by atoms with Crippen LogP contribution in [0.25, 0.3) is 10.6 Å². The summed E-state index contributed by atoms with van der Waals surface area (Å²) >= 11 is 1.77. The van der Waals surface area contributed by atoms with Crippen molar-refractivity contribution in [1.29, 1.82) is 0 Å². The van der Waals surface area contributed by atoms with Gasteiger partial charge in [0.15, 0.2) is 0 Å². The molecule has 1 saturated carbocycles. The van der Waals surface area contributed by atoms with Gasteiger partial charge in [-0.05, 0) is 39.2 Å². The Kier molecular flexibility index (Phi) is 2.99. The van der Waals surface area contributed by atoms with Gasteiger partial charge in [0.1, 0.15) is 5.01 Å². The van der Waals surface area contributed by atoms with Gasteiger partial charge < -0.3 is 5.73 Å². The molecular formula is C16H20N2S. The molecule has 1 aromatic heterocycles. The number of hydrogen-bond acceptors (Lipinski definition) is 3.